The number of fused-ring (bicyclic) bond motifs is 1. The Kier molecular flexibility index (Phi) is 4.57. The molecular formula is C17H25N3S. The number of thiocarbonyl (C=S) groups is 1. The first-order valence-corrected chi connectivity index (χ1v) is 8.36. The van der Waals surface area contributed by atoms with Gasteiger partial charge in [0.25, 0.3) is 0 Å². The Labute approximate surface area is 133 Å². The maximum atomic E-state index is 5.85. The molecule has 2 heterocycles. The van der Waals surface area contributed by atoms with Crippen molar-refractivity contribution >= 4 is 17.2 Å². The Morgan fingerprint density at radius 3 is 2.90 bits per heavy atom. The van der Waals surface area contributed by atoms with Crippen molar-refractivity contribution in [2.75, 3.05) is 26.7 Å². The van der Waals surface area contributed by atoms with Crippen LogP contribution in [0.4, 0.5) is 0 Å². The van der Waals surface area contributed by atoms with Gasteiger partial charge in [0.1, 0.15) is 4.99 Å². The Bertz CT molecular complexity index is 517. The number of benzene rings is 1. The Morgan fingerprint density at radius 1 is 1.29 bits per heavy atom. The molecule has 4 heteroatoms. The van der Waals surface area contributed by atoms with Gasteiger partial charge in [-0.15, -0.1) is 0 Å². The molecule has 2 saturated heterocycles. The highest BCUT2D eigenvalue weighted by Gasteiger charge is 2.34. The maximum Gasteiger partial charge on any atom is 0.104 e. The van der Waals surface area contributed by atoms with Gasteiger partial charge in [0.15, 0.2) is 0 Å². The zero-order chi connectivity index (χ0) is 14.8. The standard InChI is InChI=1S/C17H25N3S/c1-19-9-4-6-14-12-20(10-8-16(14)19)11-13-5-2-3-7-15(13)17(18)21/h2-3,5,7,14,16H,4,6,8-12H2,1H3,(H2,18,21). The van der Waals surface area contributed by atoms with E-state index < -0.39 is 0 Å². The third-order valence-electron chi connectivity index (χ3n) is 5.11. The first-order valence-electron chi connectivity index (χ1n) is 7.95. The van der Waals surface area contributed by atoms with Gasteiger partial charge in [0.2, 0.25) is 0 Å². The van der Waals surface area contributed by atoms with Crippen molar-refractivity contribution in [1.82, 2.24) is 9.80 Å². The fourth-order valence-corrected chi connectivity index (χ4v) is 4.21. The summed E-state index contributed by atoms with van der Waals surface area (Å²) in [4.78, 5) is 5.66. The van der Waals surface area contributed by atoms with Crippen LogP contribution in [0.15, 0.2) is 24.3 Å². The molecule has 0 bridgehead atoms. The molecule has 0 aromatic heterocycles. The second-order valence-electron chi connectivity index (χ2n) is 6.50. The number of likely N-dealkylation sites (tertiary alicyclic amines) is 2. The van der Waals surface area contributed by atoms with Gasteiger partial charge in [0, 0.05) is 24.7 Å². The monoisotopic (exact) mass is 303 g/mol. The molecule has 0 saturated carbocycles. The first-order chi connectivity index (χ1) is 10.1. The molecule has 2 fully saturated rings. The molecule has 3 rings (SSSR count). The predicted molar refractivity (Wildman–Crippen MR) is 91.4 cm³/mol. The van der Waals surface area contributed by atoms with Crippen LogP contribution in [-0.4, -0.2) is 47.5 Å². The van der Waals surface area contributed by atoms with E-state index in [1.165, 1.54) is 44.5 Å². The number of rotatable bonds is 3. The number of hydrogen-bond acceptors (Lipinski definition) is 3. The molecule has 0 amide bonds. The lowest BCUT2D eigenvalue weighted by molar-refractivity contribution is 0.0355. The summed E-state index contributed by atoms with van der Waals surface area (Å²) in [6.45, 7) is 4.63. The van der Waals surface area contributed by atoms with Crippen LogP contribution in [-0.2, 0) is 6.54 Å². The van der Waals surface area contributed by atoms with Crippen molar-refractivity contribution < 1.29 is 0 Å². The van der Waals surface area contributed by atoms with Crippen LogP contribution < -0.4 is 5.73 Å². The van der Waals surface area contributed by atoms with Crippen molar-refractivity contribution in [2.45, 2.75) is 31.8 Å². The molecule has 3 nitrogen and oxygen atoms in total. The molecule has 2 unspecified atom stereocenters. The van der Waals surface area contributed by atoms with Crippen molar-refractivity contribution in [3.8, 4) is 0 Å². The molecule has 2 atom stereocenters. The van der Waals surface area contributed by atoms with Crippen LogP contribution in [0, 0.1) is 5.92 Å². The lowest BCUT2D eigenvalue weighted by Gasteiger charge is -2.46. The molecule has 1 aromatic carbocycles. The van der Waals surface area contributed by atoms with Gasteiger partial charge in [-0.3, -0.25) is 4.90 Å². The highest BCUT2D eigenvalue weighted by molar-refractivity contribution is 7.80. The summed E-state index contributed by atoms with van der Waals surface area (Å²) in [5.74, 6) is 0.828. The van der Waals surface area contributed by atoms with Gasteiger partial charge >= 0.3 is 0 Å². The topological polar surface area (TPSA) is 32.5 Å². The lowest BCUT2D eigenvalue weighted by Crippen LogP contribution is -2.52. The largest absolute Gasteiger partial charge is 0.389 e. The van der Waals surface area contributed by atoms with Crippen LogP contribution in [0.2, 0.25) is 0 Å². The number of nitrogens with two attached hydrogens (primary N) is 1. The Balaban J connectivity index is 1.68. The number of hydrogen-bond donors (Lipinski definition) is 1. The van der Waals surface area contributed by atoms with Crippen molar-refractivity contribution in [3.63, 3.8) is 0 Å². The zero-order valence-corrected chi connectivity index (χ0v) is 13.6. The van der Waals surface area contributed by atoms with Gasteiger partial charge in [-0.05, 0) is 50.9 Å². The summed E-state index contributed by atoms with van der Waals surface area (Å²) in [6, 6.07) is 9.09. The van der Waals surface area contributed by atoms with Crippen LogP contribution in [0.5, 0.6) is 0 Å². The van der Waals surface area contributed by atoms with Gasteiger partial charge in [0.05, 0.1) is 0 Å². The second-order valence-corrected chi connectivity index (χ2v) is 6.94. The van der Waals surface area contributed by atoms with Crippen molar-refractivity contribution in [1.29, 1.82) is 0 Å². The summed E-state index contributed by atoms with van der Waals surface area (Å²) in [5.41, 5.74) is 8.16. The number of piperidine rings is 2. The van der Waals surface area contributed by atoms with E-state index in [1.54, 1.807) is 0 Å². The highest BCUT2D eigenvalue weighted by Crippen LogP contribution is 2.30. The summed E-state index contributed by atoms with van der Waals surface area (Å²) < 4.78 is 0. The summed E-state index contributed by atoms with van der Waals surface area (Å²) in [7, 11) is 2.29. The van der Waals surface area contributed by atoms with Gasteiger partial charge in [-0.2, -0.15) is 0 Å². The van der Waals surface area contributed by atoms with E-state index in [-0.39, 0.29) is 0 Å². The predicted octanol–water partition coefficient (Wildman–Crippen LogP) is 2.24. The van der Waals surface area contributed by atoms with Gasteiger partial charge < -0.3 is 10.6 Å². The Hall–Kier alpha value is -0.970. The smallest absolute Gasteiger partial charge is 0.104 e. The molecule has 114 valence electrons. The van der Waals surface area contributed by atoms with E-state index in [9.17, 15) is 0 Å². The van der Waals surface area contributed by atoms with E-state index in [0.29, 0.717) is 4.99 Å². The first kappa shape index (κ1) is 14.9. The number of nitrogens with zero attached hydrogens (tertiary/aromatic N) is 2. The molecule has 0 radical (unpaired) electrons. The average Bonchev–Trinajstić information content (AvgIpc) is 2.48. The Morgan fingerprint density at radius 2 is 2.10 bits per heavy atom. The van der Waals surface area contributed by atoms with Crippen LogP contribution >= 0.6 is 12.2 Å². The van der Waals surface area contributed by atoms with Crippen molar-refractivity contribution in [3.05, 3.63) is 35.4 Å². The fraction of sp³-hybridized carbons (Fsp3) is 0.588. The molecule has 1 aromatic rings. The molecule has 21 heavy (non-hydrogen) atoms. The van der Waals surface area contributed by atoms with Gasteiger partial charge in [-0.25, -0.2) is 0 Å². The SMILES string of the molecule is CN1CCCC2CN(Cc3ccccc3C(N)=S)CCC21. The molecule has 2 N–H and O–H groups in total. The van der Waals surface area contributed by atoms with Gasteiger partial charge in [-0.1, -0.05) is 36.5 Å². The molecule has 0 spiro atoms. The molecule has 2 aliphatic rings. The van der Waals surface area contributed by atoms with E-state index in [4.69, 9.17) is 18.0 Å². The third-order valence-corrected chi connectivity index (χ3v) is 5.33. The molecule has 2 aliphatic heterocycles. The highest BCUT2D eigenvalue weighted by atomic mass is 32.1. The summed E-state index contributed by atoms with van der Waals surface area (Å²) >= 11 is 5.18. The van der Waals surface area contributed by atoms with Crippen LogP contribution in [0.1, 0.15) is 30.4 Å². The average molecular weight is 303 g/mol. The van der Waals surface area contributed by atoms with E-state index >= 15 is 0 Å². The van der Waals surface area contributed by atoms with E-state index in [2.05, 4.69) is 29.0 Å². The maximum absolute atomic E-state index is 5.85. The molecule has 0 aliphatic carbocycles. The molecular weight excluding hydrogens is 278 g/mol. The fourth-order valence-electron chi connectivity index (χ4n) is 4.01. The van der Waals surface area contributed by atoms with Crippen molar-refractivity contribution in [2.24, 2.45) is 11.7 Å². The quantitative estimate of drug-likeness (QED) is 0.868. The minimum absolute atomic E-state index is 0.512. The van der Waals surface area contributed by atoms with Crippen LogP contribution in [0.3, 0.4) is 0 Å². The second kappa shape index (κ2) is 6.42. The summed E-state index contributed by atoms with van der Waals surface area (Å²) in [6.07, 6.45) is 4.01. The minimum Gasteiger partial charge on any atom is -0.389 e. The van der Waals surface area contributed by atoms with E-state index in [1.807, 2.05) is 12.1 Å². The van der Waals surface area contributed by atoms with E-state index in [0.717, 1.165) is 24.1 Å². The third kappa shape index (κ3) is 3.28. The normalized spacial score (nSPS) is 27.3. The lowest BCUT2D eigenvalue weighted by atomic mass is 9.84. The minimum atomic E-state index is 0.512. The zero-order valence-electron chi connectivity index (χ0n) is 12.8. The van der Waals surface area contributed by atoms with Crippen LogP contribution in [0.25, 0.3) is 0 Å². The summed E-state index contributed by atoms with van der Waals surface area (Å²) in [5, 5.41) is 0.